The van der Waals surface area contributed by atoms with Gasteiger partial charge in [0.2, 0.25) is 5.91 Å². The molecular weight excluding hydrogens is 404 g/mol. The van der Waals surface area contributed by atoms with Gasteiger partial charge in [-0.05, 0) is 50.1 Å². The van der Waals surface area contributed by atoms with Crippen molar-refractivity contribution in [2.75, 3.05) is 18.5 Å². The number of carbonyl (C=O) groups excluding carboxylic acids is 1. The first-order valence-corrected chi connectivity index (χ1v) is 10.9. The molecule has 7 nitrogen and oxygen atoms in total. The Kier molecular flexibility index (Phi) is 6.66. The largest absolute Gasteiger partial charge is 0.494 e. The lowest BCUT2D eigenvalue weighted by atomic mass is 10.1. The molecule has 7 heteroatoms. The summed E-state index contributed by atoms with van der Waals surface area (Å²) in [7, 11) is 0. The Bertz CT molecular complexity index is 1140. The molecule has 1 amide bonds. The number of ether oxygens (including phenoxy) is 1. The van der Waals surface area contributed by atoms with E-state index in [1.165, 1.54) is 10.1 Å². The number of rotatable bonds is 7. The first-order valence-electron chi connectivity index (χ1n) is 10.9. The highest BCUT2D eigenvalue weighted by molar-refractivity contribution is 5.90. The van der Waals surface area contributed by atoms with Gasteiger partial charge in [-0.3, -0.25) is 19.1 Å². The molecule has 0 fully saturated rings. The van der Waals surface area contributed by atoms with Crippen LogP contribution in [0.3, 0.4) is 0 Å². The van der Waals surface area contributed by atoms with Crippen molar-refractivity contribution in [3.63, 3.8) is 0 Å². The number of nitrogens with zero attached hydrogens (tertiary/aromatic N) is 3. The van der Waals surface area contributed by atoms with Gasteiger partial charge in [0.15, 0.2) is 0 Å². The van der Waals surface area contributed by atoms with Crippen LogP contribution in [0.1, 0.15) is 29.6 Å². The van der Waals surface area contributed by atoms with E-state index in [4.69, 9.17) is 4.74 Å². The van der Waals surface area contributed by atoms with Crippen LogP contribution in [0.4, 0.5) is 5.69 Å². The Morgan fingerprint density at radius 3 is 2.59 bits per heavy atom. The van der Waals surface area contributed by atoms with Crippen LogP contribution in [0, 0.1) is 6.92 Å². The third-order valence-electron chi connectivity index (χ3n) is 5.59. The lowest BCUT2D eigenvalue weighted by Crippen LogP contribution is -2.39. The third kappa shape index (κ3) is 5.06. The predicted molar refractivity (Wildman–Crippen MR) is 124 cm³/mol. The van der Waals surface area contributed by atoms with E-state index in [-0.39, 0.29) is 18.0 Å². The molecule has 1 aromatic heterocycles. The number of hydrogen-bond donors (Lipinski definition) is 1. The minimum absolute atomic E-state index is 0.0636. The summed E-state index contributed by atoms with van der Waals surface area (Å²) in [4.78, 5) is 32.7. The predicted octanol–water partition coefficient (Wildman–Crippen LogP) is 3.15. The van der Waals surface area contributed by atoms with E-state index in [0.29, 0.717) is 36.6 Å². The van der Waals surface area contributed by atoms with Crippen LogP contribution in [0.15, 0.2) is 59.4 Å². The first kappa shape index (κ1) is 21.8. The molecule has 0 spiro atoms. The number of aryl methyl sites for hydroxylation is 1. The van der Waals surface area contributed by atoms with Crippen molar-refractivity contribution in [2.45, 2.75) is 39.9 Å². The van der Waals surface area contributed by atoms with E-state index in [0.717, 1.165) is 24.5 Å². The molecule has 32 heavy (non-hydrogen) atoms. The second-order valence-electron chi connectivity index (χ2n) is 7.93. The summed E-state index contributed by atoms with van der Waals surface area (Å²) in [5.74, 6) is 1.04. The van der Waals surface area contributed by atoms with Gasteiger partial charge in [0.1, 0.15) is 18.1 Å². The minimum Gasteiger partial charge on any atom is -0.494 e. The highest BCUT2D eigenvalue weighted by Crippen LogP contribution is 2.18. The minimum atomic E-state index is -0.261. The number of hydrogen-bond acceptors (Lipinski definition) is 5. The van der Waals surface area contributed by atoms with Gasteiger partial charge in [-0.2, -0.15) is 0 Å². The number of anilines is 1. The van der Waals surface area contributed by atoms with Crippen molar-refractivity contribution < 1.29 is 9.53 Å². The van der Waals surface area contributed by atoms with E-state index in [9.17, 15) is 9.59 Å². The van der Waals surface area contributed by atoms with Crippen LogP contribution in [0.2, 0.25) is 0 Å². The molecular formula is C25H28N4O3. The quantitative estimate of drug-likeness (QED) is 0.621. The Morgan fingerprint density at radius 2 is 1.88 bits per heavy atom. The summed E-state index contributed by atoms with van der Waals surface area (Å²) in [5, 5.41) is 2.84. The fraction of sp³-hybridized carbons (Fsp3) is 0.320. The van der Waals surface area contributed by atoms with Gasteiger partial charge < -0.3 is 10.1 Å². The molecule has 0 atom stereocenters. The van der Waals surface area contributed by atoms with E-state index in [2.05, 4.69) is 27.3 Å². The van der Waals surface area contributed by atoms with Gasteiger partial charge in [0.25, 0.3) is 5.56 Å². The molecule has 3 aromatic rings. The molecule has 166 valence electrons. The van der Waals surface area contributed by atoms with Crippen LogP contribution < -0.4 is 15.6 Å². The number of fused-ring (bicyclic) bond motifs is 1. The van der Waals surface area contributed by atoms with E-state index >= 15 is 0 Å². The van der Waals surface area contributed by atoms with Crippen LogP contribution in [0.5, 0.6) is 5.75 Å². The zero-order valence-electron chi connectivity index (χ0n) is 18.5. The lowest BCUT2D eigenvalue weighted by Gasteiger charge is -2.28. The molecule has 2 heterocycles. The molecule has 0 radical (unpaired) electrons. The Balaban J connectivity index is 1.44. The van der Waals surface area contributed by atoms with Crippen LogP contribution >= 0.6 is 0 Å². The summed E-state index contributed by atoms with van der Waals surface area (Å²) in [6.07, 6.45) is 0.634. The third-order valence-corrected chi connectivity index (χ3v) is 5.59. The van der Waals surface area contributed by atoms with Gasteiger partial charge in [-0.15, -0.1) is 0 Å². The maximum absolute atomic E-state index is 13.1. The fourth-order valence-electron chi connectivity index (χ4n) is 4.01. The van der Waals surface area contributed by atoms with Crippen LogP contribution in [-0.2, 0) is 30.8 Å². The molecule has 0 aliphatic carbocycles. The summed E-state index contributed by atoms with van der Waals surface area (Å²) < 4.78 is 6.88. The second-order valence-corrected chi connectivity index (χ2v) is 7.93. The second kappa shape index (κ2) is 9.78. The monoisotopic (exact) mass is 432 g/mol. The standard InChI is InChI=1S/C25H28N4O3/c1-3-32-21-11-9-20(10-12-21)27-24(30)17-29-18(2)26-23-16-28(14-13-22(23)25(29)31)15-19-7-5-4-6-8-19/h4-12H,3,13-17H2,1-2H3,(H,27,30). The molecule has 0 unspecified atom stereocenters. The summed E-state index contributed by atoms with van der Waals surface area (Å²) >= 11 is 0. The molecule has 0 saturated carbocycles. The number of benzene rings is 2. The average molecular weight is 433 g/mol. The van der Waals surface area contributed by atoms with Crippen LogP contribution in [0.25, 0.3) is 0 Å². The molecule has 0 bridgehead atoms. The molecule has 1 aliphatic heterocycles. The van der Waals surface area contributed by atoms with Gasteiger partial charge in [-0.1, -0.05) is 30.3 Å². The van der Waals surface area contributed by atoms with Crippen LogP contribution in [-0.4, -0.2) is 33.5 Å². The van der Waals surface area contributed by atoms with Gasteiger partial charge in [0.05, 0.1) is 12.3 Å². The fourth-order valence-corrected chi connectivity index (χ4v) is 4.01. The van der Waals surface area contributed by atoms with Crippen molar-refractivity contribution >= 4 is 11.6 Å². The maximum Gasteiger partial charge on any atom is 0.257 e. The zero-order chi connectivity index (χ0) is 22.5. The van der Waals surface area contributed by atoms with E-state index in [1.807, 2.05) is 25.1 Å². The Labute approximate surface area is 187 Å². The van der Waals surface area contributed by atoms with Crippen molar-refractivity contribution in [1.82, 2.24) is 14.5 Å². The Morgan fingerprint density at radius 1 is 1.12 bits per heavy atom. The maximum atomic E-state index is 13.1. The Hall–Kier alpha value is -3.45. The van der Waals surface area contributed by atoms with Crippen molar-refractivity contribution in [3.8, 4) is 5.75 Å². The molecule has 4 rings (SSSR count). The van der Waals surface area contributed by atoms with E-state index < -0.39 is 0 Å². The van der Waals surface area contributed by atoms with Gasteiger partial charge >= 0.3 is 0 Å². The molecule has 1 N–H and O–H groups in total. The topological polar surface area (TPSA) is 76.5 Å². The molecule has 1 aliphatic rings. The highest BCUT2D eigenvalue weighted by atomic mass is 16.5. The van der Waals surface area contributed by atoms with Gasteiger partial charge in [0, 0.05) is 30.9 Å². The SMILES string of the molecule is CCOc1ccc(NC(=O)Cn2c(C)nc3c(c2=O)CCN(Cc2ccccc2)C3)cc1. The average Bonchev–Trinajstić information content (AvgIpc) is 2.79. The van der Waals surface area contributed by atoms with Gasteiger partial charge in [-0.25, -0.2) is 4.98 Å². The van der Waals surface area contributed by atoms with Crippen molar-refractivity contribution in [3.05, 3.63) is 87.6 Å². The number of nitrogens with one attached hydrogen (secondary N) is 1. The number of carbonyl (C=O) groups is 1. The smallest absolute Gasteiger partial charge is 0.257 e. The zero-order valence-corrected chi connectivity index (χ0v) is 18.5. The summed E-state index contributed by atoms with van der Waals surface area (Å²) in [6, 6.07) is 17.5. The number of amides is 1. The van der Waals surface area contributed by atoms with Crippen molar-refractivity contribution in [1.29, 1.82) is 0 Å². The van der Waals surface area contributed by atoms with Crippen molar-refractivity contribution in [2.24, 2.45) is 0 Å². The van der Waals surface area contributed by atoms with E-state index in [1.54, 1.807) is 31.2 Å². The lowest BCUT2D eigenvalue weighted by molar-refractivity contribution is -0.116. The molecule has 2 aromatic carbocycles. The number of aromatic nitrogens is 2. The first-order chi connectivity index (χ1) is 15.5. The molecule has 0 saturated heterocycles. The summed E-state index contributed by atoms with van der Waals surface area (Å²) in [6.45, 7) is 6.48. The normalized spacial score (nSPS) is 13.4. The highest BCUT2D eigenvalue weighted by Gasteiger charge is 2.23. The summed E-state index contributed by atoms with van der Waals surface area (Å²) in [5.41, 5.74) is 3.32.